The molecule has 0 aromatic carbocycles. The molecular formula is C17H23BrO4. The molecule has 0 amide bonds. The minimum absolute atomic E-state index is 0.236. The van der Waals surface area contributed by atoms with Crippen LogP contribution >= 0.6 is 15.9 Å². The van der Waals surface area contributed by atoms with Gasteiger partial charge in [0.1, 0.15) is 15.5 Å². The van der Waals surface area contributed by atoms with E-state index in [1.807, 2.05) is 0 Å². The highest BCUT2D eigenvalue weighted by Gasteiger charge is 2.61. The van der Waals surface area contributed by atoms with Gasteiger partial charge in [-0.15, -0.1) is 0 Å². The van der Waals surface area contributed by atoms with Crippen LogP contribution in [0.1, 0.15) is 52.4 Å². The molecule has 5 heteroatoms. The molecule has 2 atom stereocenters. The Hall–Kier alpha value is -0.840. The molecule has 4 aliphatic rings. The summed E-state index contributed by atoms with van der Waals surface area (Å²) in [6.45, 7) is 7.08. The summed E-state index contributed by atoms with van der Waals surface area (Å²) in [6, 6.07) is 0. The van der Waals surface area contributed by atoms with Crippen LogP contribution in [0.25, 0.3) is 0 Å². The molecule has 0 N–H and O–H groups in total. The first kappa shape index (κ1) is 16.0. The summed E-state index contributed by atoms with van der Waals surface area (Å²) in [5.74, 6) is 0.346. The average molecular weight is 371 g/mol. The number of halogens is 1. The van der Waals surface area contributed by atoms with Crippen LogP contribution in [0.3, 0.4) is 0 Å². The van der Waals surface area contributed by atoms with E-state index < -0.39 is 15.5 Å². The third kappa shape index (κ3) is 2.84. The van der Waals surface area contributed by atoms with Crippen molar-refractivity contribution in [3.63, 3.8) is 0 Å². The Morgan fingerprint density at radius 2 is 1.64 bits per heavy atom. The lowest BCUT2D eigenvalue weighted by molar-refractivity contribution is -0.229. The standard InChI is InChI=1S/C17H23BrO4/c1-4-13(19)21-16-6-11-5-12(7-16)9-17(8-11,10-16)22-14(20)15(2,3)18/h4,11-12H,1,5-10H2,2-3H3. The Labute approximate surface area is 139 Å². The molecule has 0 saturated heterocycles. The molecule has 0 heterocycles. The minimum Gasteiger partial charge on any atom is -0.458 e. The number of alkyl halides is 1. The summed E-state index contributed by atoms with van der Waals surface area (Å²) in [7, 11) is 0. The lowest BCUT2D eigenvalue weighted by Gasteiger charge is -2.60. The van der Waals surface area contributed by atoms with Gasteiger partial charge >= 0.3 is 11.9 Å². The second-order valence-corrected chi connectivity index (χ2v) is 9.80. The van der Waals surface area contributed by atoms with E-state index in [-0.39, 0.29) is 11.9 Å². The van der Waals surface area contributed by atoms with Crippen molar-refractivity contribution in [2.24, 2.45) is 11.8 Å². The van der Waals surface area contributed by atoms with Crippen LogP contribution in [0, 0.1) is 11.8 Å². The third-order valence-corrected chi connectivity index (χ3v) is 5.56. The predicted octanol–water partition coefficient (Wildman–Crippen LogP) is 3.52. The van der Waals surface area contributed by atoms with Gasteiger partial charge in [-0.25, -0.2) is 4.79 Å². The van der Waals surface area contributed by atoms with Crippen molar-refractivity contribution < 1.29 is 19.1 Å². The molecular weight excluding hydrogens is 348 g/mol. The van der Waals surface area contributed by atoms with E-state index >= 15 is 0 Å². The first-order valence-electron chi connectivity index (χ1n) is 7.93. The van der Waals surface area contributed by atoms with E-state index in [2.05, 4.69) is 22.5 Å². The van der Waals surface area contributed by atoms with Gasteiger partial charge in [-0.05, 0) is 57.8 Å². The van der Waals surface area contributed by atoms with Crippen LogP contribution in [-0.2, 0) is 19.1 Å². The summed E-state index contributed by atoms with van der Waals surface area (Å²) in [6.07, 6.45) is 6.57. The van der Waals surface area contributed by atoms with Crippen molar-refractivity contribution in [3.8, 4) is 0 Å². The van der Waals surface area contributed by atoms with Crippen molar-refractivity contribution in [1.29, 1.82) is 0 Å². The maximum absolute atomic E-state index is 12.3. The maximum Gasteiger partial charge on any atom is 0.330 e. The summed E-state index contributed by atoms with van der Waals surface area (Å²) < 4.78 is 11.0. The first-order chi connectivity index (χ1) is 10.2. The Bertz CT molecular complexity index is 505. The number of ether oxygens (including phenoxy) is 2. The highest BCUT2D eigenvalue weighted by atomic mass is 79.9. The Balaban J connectivity index is 1.83. The monoisotopic (exact) mass is 370 g/mol. The van der Waals surface area contributed by atoms with Crippen LogP contribution in [-0.4, -0.2) is 27.5 Å². The quantitative estimate of drug-likeness (QED) is 0.431. The van der Waals surface area contributed by atoms with Crippen LogP contribution in [0.2, 0.25) is 0 Å². The van der Waals surface area contributed by atoms with Crippen LogP contribution < -0.4 is 0 Å². The van der Waals surface area contributed by atoms with Crippen LogP contribution in [0.15, 0.2) is 12.7 Å². The van der Waals surface area contributed by atoms with Gasteiger partial charge < -0.3 is 9.47 Å². The van der Waals surface area contributed by atoms with E-state index in [1.54, 1.807) is 13.8 Å². The lowest BCUT2D eigenvalue weighted by Crippen LogP contribution is -2.62. The molecule has 4 saturated carbocycles. The number of esters is 2. The van der Waals surface area contributed by atoms with E-state index in [4.69, 9.17) is 9.47 Å². The summed E-state index contributed by atoms with van der Waals surface area (Å²) in [5, 5.41) is 0. The molecule has 122 valence electrons. The Kier molecular flexibility index (Phi) is 3.70. The molecule has 4 rings (SSSR count). The second kappa shape index (κ2) is 5.08. The van der Waals surface area contributed by atoms with E-state index in [0.29, 0.717) is 18.3 Å². The molecule has 0 aromatic rings. The largest absolute Gasteiger partial charge is 0.458 e. The summed E-state index contributed by atoms with van der Waals surface area (Å²) >= 11 is 3.38. The predicted molar refractivity (Wildman–Crippen MR) is 85.5 cm³/mol. The van der Waals surface area contributed by atoms with Gasteiger partial charge in [0.2, 0.25) is 0 Å². The molecule has 2 unspecified atom stereocenters. The van der Waals surface area contributed by atoms with Crippen molar-refractivity contribution in [2.45, 2.75) is 67.9 Å². The minimum atomic E-state index is -0.693. The maximum atomic E-state index is 12.3. The van der Waals surface area contributed by atoms with Crippen molar-refractivity contribution in [3.05, 3.63) is 12.7 Å². The fourth-order valence-corrected chi connectivity index (χ4v) is 4.99. The Morgan fingerprint density at radius 3 is 2.09 bits per heavy atom. The summed E-state index contributed by atoms with van der Waals surface area (Å²) in [5.41, 5.74) is -0.931. The zero-order chi connectivity index (χ0) is 16.2. The van der Waals surface area contributed by atoms with E-state index in [1.165, 1.54) is 6.08 Å². The number of rotatable bonds is 4. The van der Waals surface area contributed by atoms with Crippen LogP contribution in [0.5, 0.6) is 0 Å². The number of hydrogen-bond donors (Lipinski definition) is 0. The fourth-order valence-electron chi connectivity index (χ4n) is 4.91. The van der Waals surface area contributed by atoms with Gasteiger partial charge in [-0.2, -0.15) is 0 Å². The van der Waals surface area contributed by atoms with Gasteiger partial charge in [0, 0.05) is 12.5 Å². The van der Waals surface area contributed by atoms with Gasteiger partial charge in [-0.3, -0.25) is 4.79 Å². The lowest BCUT2D eigenvalue weighted by atomic mass is 9.52. The molecule has 4 aliphatic carbocycles. The highest BCUT2D eigenvalue weighted by Crippen LogP contribution is 2.60. The number of carbonyl (C=O) groups excluding carboxylic acids is 2. The van der Waals surface area contributed by atoms with E-state index in [9.17, 15) is 9.59 Å². The van der Waals surface area contributed by atoms with Crippen molar-refractivity contribution in [1.82, 2.24) is 0 Å². The van der Waals surface area contributed by atoms with Gasteiger partial charge in [-0.1, -0.05) is 22.5 Å². The molecule has 0 aliphatic heterocycles. The zero-order valence-electron chi connectivity index (χ0n) is 13.2. The molecule has 4 fully saturated rings. The summed E-state index contributed by atoms with van der Waals surface area (Å²) in [4.78, 5) is 24.1. The SMILES string of the molecule is C=CC(=O)OC12CC3CC(C1)CC(OC(=O)C(C)(C)Br)(C3)C2. The second-order valence-electron chi connectivity index (χ2n) is 7.81. The van der Waals surface area contributed by atoms with Crippen molar-refractivity contribution in [2.75, 3.05) is 0 Å². The van der Waals surface area contributed by atoms with Crippen molar-refractivity contribution >= 4 is 27.9 Å². The smallest absolute Gasteiger partial charge is 0.330 e. The molecule has 0 spiro atoms. The fraction of sp³-hybridized carbons (Fsp3) is 0.765. The number of carbonyl (C=O) groups is 2. The highest BCUT2D eigenvalue weighted by molar-refractivity contribution is 9.10. The van der Waals surface area contributed by atoms with Crippen LogP contribution in [0.4, 0.5) is 0 Å². The van der Waals surface area contributed by atoms with Gasteiger partial charge in [0.15, 0.2) is 0 Å². The topological polar surface area (TPSA) is 52.6 Å². The first-order valence-corrected chi connectivity index (χ1v) is 8.72. The molecule has 4 nitrogen and oxygen atoms in total. The molecule has 0 aromatic heterocycles. The average Bonchev–Trinajstić information content (AvgIpc) is 2.34. The number of hydrogen-bond acceptors (Lipinski definition) is 4. The van der Waals surface area contributed by atoms with E-state index in [0.717, 1.165) is 32.1 Å². The molecule has 0 radical (unpaired) electrons. The Morgan fingerprint density at radius 1 is 1.14 bits per heavy atom. The van der Waals surface area contributed by atoms with Gasteiger partial charge in [0.25, 0.3) is 0 Å². The zero-order valence-corrected chi connectivity index (χ0v) is 14.8. The third-order valence-electron chi connectivity index (χ3n) is 5.23. The van der Waals surface area contributed by atoms with Gasteiger partial charge in [0.05, 0.1) is 0 Å². The molecule has 22 heavy (non-hydrogen) atoms. The molecule has 4 bridgehead atoms. The normalized spacial score (nSPS) is 39.4.